The molecule has 1 aromatic heterocycles. The number of anilines is 3. The third kappa shape index (κ3) is 5.29. The summed E-state index contributed by atoms with van der Waals surface area (Å²) in [5.41, 5.74) is 2.44. The largest absolute Gasteiger partial charge is 0.353 e. The van der Waals surface area contributed by atoms with Crippen LogP contribution >= 0.6 is 0 Å². The number of hydrogen-bond donors (Lipinski definition) is 2. The molecule has 0 spiro atoms. The molecule has 0 bridgehead atoms. The van der Waals surface area contributed by atoms with Crippen LogP contribution in [0.2, 0.25) is 0 Å². The van der Waals surface area contributed by atoms with E-state index < -0.39 is 0 Å². The van der Waals surface area contributed by atoms with E-state index in [1.165, 1.54) is 19.8 Å². The number of piperazine rings is 1. The van der Waals surface area contributed by atoms with Gasteiger partial charge in [-0.25, -0.2) is 0 Å². The molecule has 2 amide bonds. The zero-order valence-electron chi connectivity index (χ0n) is 16.6. The van der Waals surface area contributed by atoms with Crippen LogP contribution in [0.25, 0.3) is 0 Å². The molecule has 2 fully saturated rings. The van der Waals surface area contributed by atoms with Gasteiger partial charge >= 0.3 is 0 Å². The molecule has 2 heterocycles. The Morgan fingerprint density at radius 1 is 1.00 bits per heavy atom. The Bertz CT molecular complexity index is 873. The van der Waals surface area contributed by atoms with Gasteiger partial charge in [0.05, 0.1) is 12.2 Å². The Kier molecular flexibility index (Phi) is 5.71. The predicted molar refractivity (Wildman–Crippen MR) is 112 cm³/mol. The van der Waals surface area contributed by atoms with Crippen molar-refractivity contribution in [2.75, 3.05) is 48.3 Å². The van der Waals surface area contributed by atoms with Crippen molar-refractivity contribution in [1.29, 1.82) is 0 Å². The molecule has 1 aliphatic carbocycles. The summed E-state index contributed by atoms with van der Waals surface area (Å²) in [5.74, 6) is 1.32. The molecule has 0 radical (unpaired) electrons. The normalized spacial score (nSPS) is 17.1. The minimum absolute atomic E-state index is 0.0630. The van der Waals surface area contributed by atoms with Crippen molar-refractivity contribution in [3.63, 3.8) is 0 Å². The molecule has 8 heteroatoms. The van der Waals surface area contributed by atoms with Crippen LogP contribution in [0.3, 0.4) is 0 Å². The van der Waals surface area contributed by atoms with Gasteiger partial charge in [-0.2, -0.15) is 5.10 Å². The Labute approximate surface area is 170 Å². The summed E-state index contributed by atoms with van der Waals surface area (Å²) in [6.45, 7) is 5.03. The summed E-state index contributed by atoms with van der Waals surface area (Å²) in [7, 11) is 0. The van der Waals surface area contributed by atoms with E-state index in [0.717, 1.165) is 37.7 Å². The number of nitrogens with zero attached hydrogens (tertiary/aromatic N) is 4. The first-order valence-electron chi connectivity index (χ1n) is 10.1. The first kappa shape index (κ1) is 19.3. The van der Waals surface area contributed by atoms with E-state index in [2.05, 4.69) is 42.8 Å². The topological polar surface area (TPSA) is 90.5 Å². The SMILES string of the molecule is CC(=O)Nc1cccc(NC(=O)CN2CCN(c3ccc(C4CC4)nn3)CC2)c1. The molecule has 2 N–H and O–H groups in total. The molecule has 4 rings (SSSR count). The highest BCUT2D eigenvalue weighted by Gasteiger charge is 2.26. The van der Waals surface area contributed by atoms with Gasteiger partial charge in [0.1, 0.15) is 0 Å². The second-order valence-corrected chi connectivity index (χ2v) is 7.66. The minimum atomic E-state index is -0.141. The summed E-state index contributed by atoms with van der Waals surface area (Å²) >= 11 is 0. The molecule has 1 aliphatic heterocycles. The van der Waals surface area contributed by atoms with Crippen LogP contribution in [0.1, 0.15) is 31.4 Å². The molecule has 2 aromatic rings. The standard InChI is InChI=1S/C21H26N6O2/c1-15(28)22-17-3-2-4-18(13-17)23-21(29)14-26-9-11-27(12-10-26)20-8-7-19(24-25-20)16-5-6-16/h2-4,7-8,13,16H,5-6,9-12,14H2,1H3,(H,22,28)(H,23,29). The summed E-state index contributed by atoms with van der Waals surface area (Å²) < 4.78 is 0. The number of benzene rings is 1. The van der Waals surface area contributed by atoms with Crippen LogP contribution < -0.4 is 15.5 Å². The zero-order valence-corrected chi connectivity index (χ0v) is 16.6. The van der Waals surface area contributed by atoms with Crippen molar-refractivity contribution >= 4 is 29.0 Å². The van der Waals surface area contributed by atoms with Gasteiger partial charge in [0.2, 0.25) is 11.8 Å². The Balaban J connectivity index is 1.25. The van der Waals surface area contributed by atoms with E-state index in [0.29, 0.717) is 23.8 Å². The van der Waals surface area contributed by atoms with Crippen molar-refractivity contribution in [2.45, 2.75) is 25.7 Å². The van der Waals surface area contributed by atoms with Crippen LogP contribution in [-0.2, 0) is 9.59 Å². The summed E-state index contributed by atoms with van der Waals surface area (Å²) in [6, 6.07) is 11.3. The Hall–Kier alpha value is -3.00. The highest BCUT2D eigenvalue weighted by molar-refractivity contribution is 5.94. The second kappa shape index (κ2) is 8.57. The van der Waals surface area contributed by atoms with Gasteiger partial charge in [-0.3, -0.25) is 14.5 Å². The van der Waals surface area contributed by atoms with Gasteiger partial charge in [-0.15, -0.1) is 5.10 Å². The monoisotopic (exact) mass is 394 g/mol. The molecule has 152 valence electrons. The maximum atomic E-state index is 12.4. The van der Waals surface area contributed by atoms with Crippen LogP contribution in [-0.4, -0.2) is 59.6 Å². The molecule has 0 atom stereocenters. The van der Waals surface area contributed by atoms with Gasteiger partial charge in [0.25, 0.3) is 0 Å². The lowest BCUT2D eigenvalue weighted by Crippen LogP contribution is -2.49. The number of hydrogen-bond acceptors (Lipinski definition) is 6. The Morgan fingerprint density at radius 2 is 1.72 bits per heavy atom. The number of amides is 2. The van der Waals surface area contributed by atoms with Gasteiger partial charge in [0, 0.05) is 50.4 Å². The van der Waals surface area contributed by atoms with Crippen LogP contribution in [0.5, 0.6) is 0 Å². The van der Waals surface area contributed by atoms with Crippen molar-refractivity contribution in [1.82, 2.24) is 15.1 Å². The maximum Gasteiger partial charge on any atom is 0.238 e. The quantitative estimate of drug-likeness (QED) is 0.780. The van der Waals surface area contributed by atoms with Crippen molar-refractivity contribution in [3.8, 4) is 0 Å². The first-order valence-corrected chi connectivity index (χ1v) is 10.1. The van der Waals surface area contributed by atoms with Gasteiger partial charge in [0.15, 0.2) is 5.82 Å². The third-order valence-electron chi connectivity index (χ3n) is 5.20. The maximum absolute atomic E-state index is 12.4. The fourth-order valence-corrected chi connectivity index (χ4v) is 3.52. The molecule has 2 aliphatic rings. The molecular formula is C21H26N6O2. The minimum Gasteiger partial charge on any atom is -0.353 e. The van der Waals surface area contributed by atoms with E-state index >= 15 is 0 Å². The van der Waals surface area contributed by atoms with E-state index in [4.69, 9.17) is 0 Å². The average molecular weight is 394 g/mol. The number of carbonyl (C=O) groups is 2. The van der Waals surface area contributed by atoms with E-state index in [9.17, 15) is 9.59 Å². The zero-order chi connectivity index (χ0) is 20.2. The van der Waals surface area contributed by atoms with Crippen molar-refractivity contribution < 1.29 is 9.59 Å². The van der Waals surface area contributed by atoms with Gasteiger partial charge < -0.3 is 15.5 Å². The van der Waals surface area contributed by atoms with E-state index in [-0.39, 0.29) is 11.8 Å². The fourth-order valence-electron chi connectivity index (χ4n) is 3.52. The molecule has 0 unspecified atom stereocenters. The highest BCUT2D eigenvalue weighted by Crippen LogP contribution is 2.38. The fraction of sp³-hybridized carbons (Fsp3) is 0.429. The first-order chi connectivity index (χ1) is 14.1. The van der Waals surface area contributed by atoms with Crippen molar-refractivity contribution in [2.24, 2.45) is 0 Å². The lowest BCUT2D eigenvalue weighted by atomic mass is 10.2. The molecular weight excluding hydrogens is 368 g/mol. The molecule has 1 saturated carbocycles. The van der Waals surface area contributed by atoms with E-state index in [1.54, 1.807) is 18.2 Å². The number of carbonyl (C=O) groups excluding carboxylic acids is 2. The lowest BCUT2D eigenvalue weighted by Gasteiger charge is -2.34. The number of rotatable bonds is 6. The van der Waals surface area contributed by atoms with Crippen molar-refractivity contribution in [3.05, 3.63) is 42.1 Å². The summed E-state index contributed by atoms with van der Waals surface area (Å²) in [6.07, 6.45) is 2.46. The predicted octanol–water partition coefficient (Wildman–Crippen LogP) is 2.07. The second-order valence-electron chi connectivity index (χ2n) is 7.66. The van der Waals surface area contributed by atoms with Crippen LogP contribution in [0.15, 0.2) is 36.4 Å². The summed E-state index contributed by atoms with van der Waals surface area (Å²) in [5, 5.41) is 14.4. The van der Waals surface area contributed by atoms with Gasteiger partial charge in [-0.1, -0.05) is 6.07 Å². The summed E-state index contributed by atoms with van der Waals surface area (Å²) in [4.78, 5) is 27.9. The van der Waals surface area contributed by atoms with Gasteiger partial charge in [-0.05, 0) is 43.2 Å². The smallest absolute Gasteiger partial charge is 0.238 e. The lowest BCUT2D eigenvalue weighted by molar-refractivity contribution is -0.117. The average Bonchev–Trinajstić information content (AvgIpc) is 3.54. The molecule has 1 aromatic carbocycles. The number of aromatic nitrogens is 2. The molecule has 29 heavy (non-hydrogen) atoms. The Morgan fingerprint density at radius 3 is 2.34 bits per heavy atom. The van der Waals surface area contributed by atoms with E-state index in [1.807, 2.05) is 6.07 Å². The van der Waals surface area contributed by atoms with Crippen LogP contribution in [0, 0.1) is 0 Å². The van der Waals surface area contributed by atoms with Crippen LogP contribution in [0.4, 0.5) is 17.2 Å². The molecule has 8 nitrogen and oxygen atoms in total. The number of nitrogens with one attached hydrogen (secondary N) is 2. The molecule has 1 saturated heterocycles. The third-order valence-corrected chi connectivity index (χ3v) is 5.20. The highest BCUT2D eigenvalue weighted by atomic mass is 16.2.